The van der Waals surface area contributed by atoms with Crippen molar-refractivity contribution in [3.63, 3.8) is 0 Å². The van der Waals surface area contributed by atoms with Crippen LogP contribution in [-0.4, -0.2) is 82.0 Å². The highest BCUT2D eigenvalue weighted by molar-refractivity contribution is 14.0. The molecular formula is C15H29F3IN5O2S. The lowest BCUT2D eigenvalue weighted by Crippen LogP contribution is -2.53. The maximum absolute atomic E-state index is 12.6. The molecule has 160 valence electrons. The quantitative estimate of drug-likeness (QED) is 0.311. The summed E-state index contributed by atoms with van der Waals surface area (Å²) < 4.78 is 61.2. The van der Waals surface area contributed by atoms with E-state index in [-0.39, 0.29) is 43.1 Å². The Labute approximate surface area is 176 Å². The third kappa shape index (κ3) is 6.60. The first kappa shape index (κ1) is 24.7. The summed E-state index contributed by atoms with van der Waals surface area (Å²) in [4.78, 5) is 6.34. The number of rotatable bonds is 6. The van der Waals surface area contributed by atoms with E-state index in [1.165, 1.54) is 12.8 Å². The average Bonchev–Trinajstić information content (AvgIpc) is 3.38. The molecule has 2 aliphatic rings. The Morgan fingerprint density at radius 1 is 1.22 bits per heavy atom. The minimum absolute atomic E-state index is 0. The van der Waals surface area contributed by atoms with Gasteiger partial charge in [0.05, 0.1) is 0 Å². The number of alkyl halides is 3. The molecule has 1 unspecified atom stereocenters. The molecule has 0 radical (unpaired) electrons. The number of hydrogen-bond donors (Lipinski definition) is 2. The number of nitrogens with zero attached hydrogens (tertiary/aromatic N) is 3. The number of nitrogens with one attached hydrogen (secondary N) is 2. The molecular weight excluding hydrogens is 498 g/mol. The molecule has 0 aromatic heterocycles. The Kier molecular flexibility index (Phi) is 9.07. The number of aliphatic imine (C=N–C) groups is 1. The predicted octanol–water partition coefficient (Wildman–Crippen LogP) is 1.42. The van der Waals surface area contributed by atoms with Gasteiger partial charge >= 0.3 is 15.5 Å². The topological polar surface area (TPSA) is 77.0 Å². The highest BCUT2D eigenvalue weighted by atomic mass is 127. The molecule has 1 aliphatic carbocycles. The van der Waals surface area contributed by atoms with E-state index in [0.29, 0.717) is 35.1 Å². The van der Waals surface area contributed by atoms with Crippen LogP contribution in [0.5, 0.6) is 0 Å². The van der Waals surface area contributed by atoms with Gasteiger partial charge in [0.15, 0.2) is 5.96 Å². The molecule has 2 N–H and O–H groups in total. The normalized spacial score (nSPS) is 21.7. The summed E-state index contributed by atoms with van der Waals surface area (Å²) in [6, 6.07) is 0.298. The van der Waals surface area contributed by atoms with Crippen LogP contribution in [0.15, 0.2) is 4.99 Å². The summed E-state index contributed by atoms with van der Waals surface area (Å²) in [7, 11) is 0.482. The third-order valence-electron chi connectivity index (χ3n) is 4.96. The molecule has 1 atom stereocenters. The van der Waals surface area contributed by atoms with Crippen molar-refractivity contribution in [1.82, 2.24) is 19.8 Å². The first-order valence-electron chi connectivity index (χ1n) is 8.76. The van der Waals surface area contributed by atoms with Gasteiger partial charge in [-0.2, -0.15) is 17.5 Å². The number of piperidine rings is 1. The maximum atomic E-state index is 12.6. The van der Waals surface area contributed by atoms with Crippen LogP contribution >= 0.6 is 24.0 Å². The molecule has 0 spiro atoms. The van der Waals surface area contributed by atoms with Crippen LogP contribution < -0.4 is 10.6 Å². The molecule has 0 amide bonds. The third-order valence-corrected chi connectivity index (χ3v) is 6.59. The van der Waals surface area contributed by atoms with Gasteiger partial charge in [-0.15, -0.1) is 24.0 Å². The average molecular weight is 527 g/mol. The van der Waals surface area contributed by atoms with Gasteiger partial charge in [-0.1, -0.05) is 0 Å². The lowest BCUT2D eigenvalue weighted by Gasteiger charge is -2.33. The molecule has 1 saturated heterocycles. The summed E-state index contributed by atoms with van der Waals surface area (Å²) in [6.45, 7) is 0.427. The second kappa shape index (κ2) is 9.92. The van der Waals surface area contributed by atoms with Crippen molar-refractivity contribution in [2.24, 2.45) is 10.9 Å². The first-order valence-corrected chi connectivity index (χ1v) is 10.2. The molecule has 1 saturated carbocycles. The van der Waals surface area contributed by atoms with Gasteiger partial charge in [-0.05, 0) is 45.7 Å². The molecule has 0 aromatic carbocycles. The number of hydrogen-bond acceptors (Lipinski definition) is 4. The number of likely N-dealkylation sites (N-methyl/N-ethyl adjacent to an activating group) is 1. The van der Waals surface area contributed by atoms with E-state index >= 15 is 0 Å². The van der Waals surface area contributed by atoms with Crippen LogP contribution in [0.3, 0.4) is 0 Å². The summed E-state index contributed by atoms with van der Waals surface area (Å²) in [5.41, 5.74) is -5.24. The van der Waals surface area contributed by atoms with Gasteiger partial charge in [0, 0.05) is 38.8 Å². The zero-order valence-electron chi connectivity index (χ0n) is 15.8. The molecule has 2 fully saturated rings. The predicted molar refractivity (Wildman–Crippen MR) is 110 cm³/mol. The van der Waals surface area contributed by atoms with Gasteiger partial charge in [-0.3, -0.25) is 4.99 Å². The van der Waals surface area contributed by atoms with Crippen LogP contribution in [-0.2, 0) is 10.0 Å². The summed E-state index contributed by atoms with van der Waals surface area (Å²) in [5.74, 6) is 1.28. The fourth-order valence-electron chi connectivity index (χ4n) is 3.23. The summed E-state index contributed by atoms with van der Waals surface area (Å²) in [5, 5.41) is 6.46. The lowest BCUT2D eigenvalue weighted by molar-refractivity contribution is -0.0494. The fourth-order valence-corrected chi connectivity index (χ4v) is 4.21. The van der Waals surface area contributed by atoms with Crippen molar-refractivity contribution in [2.75, 3.05) is 40.8 Å². The standard InChI is InChI=1S/C15H28F3N5O2S.HI/c1-19-14(20-10-13(22(2)3)11-4-5-11)21-12-6-8-23(9-7-12)26(24,25)15(16,17)18;/h11-13H,4-10H2,1-3H3,(H2,19,20,21);1H. The van der Waals surface area contributed by atoms with E-state index in [9.17, 15) is 21.6 Å². The van der Waals surface area contributed by atoms with Crippen molar-refractivity contribution in [3.05, 3.63) is 0 Å². The highest BCUT2D eigenvalue weighted by Gasteiger charge is 2.50. The van der Waals surface area contributed by atoms with E-state index in [4.69, 9.17) is 0 Å². The lowest BCUT2D eigenvalue weighted by atomic mass is 10.1. The van der Waals surface area contributed by atoms with Crippen molar-refractivity contribution in [2.45, 2.75) is 43.3 Å². The molecule has 1 heterocycles. The van der Waals surface area contributed by atoms with Crippen molar-refractivity contribution < 1.29 is 21.6 Å². The smallest absolute Gasteiger partial charge is 0.355 e. The molecule has 27 heavy (non-hydrogen) atoms. The van der Waals surface area contributed by atoms with E-state index in [2.05, 4.69) is 20.5 Å². The Morgan fingerprint density at radius 2 is 1.78 bits per heavy atom. The Morgan fingerprint density at radius 3 is 2.19 bits per heavy atom. The van der Waals surface area contributed by atoms with E-state index in [1.54, 1.807) is 7.05 Å². The second-order valence-corrected chi connectivity index (χ2v) is 9.02. The van der Waals surface area contributed by atoms with E-state index in [1.807, 2.05) is 14.1 Å². The summed E-state index contributed by atoms with van der Waals surface area (Å²) in [6.07, 6.45) is 3.05. The van der Waals surface area contributed by atoms with Gasteiger partial charge in [0.1, 0.15) is 0 Å². The SMILES string of the molecule is CN=C(NCC(C1CC1)N(C)C)NC1CCN(S(=O)(=O)C(F)(F)F)CC1.I. The zero-order chi connectivity index (χ0) is 19.5. The van der Waals surface area contributed by atoms with Crippen molar-refractivity contribution in [1.29, 1.82) is 0 Å². The fraction of sp³-hybridized carbons (Fsp3) is 0.933. The van der Waals surface area contributed by atoms with Gasteiger partial charge in [-0.25, -0.2) is 8.42 Å². The second-order valence-electron chi connectivity index (χ2n) is 7.09. The Bertz CT molecular complexity index is 601. The van der Waals surface area contributed by atoms with Crippen molar-refractivity contribution in [3.8, 4) is 0 Å². The number of sulfonamides is 1. The van der Waals surface area contributed by atoms with E-state index < -0.39 is 15.5 Å². The maximum Gasteiger partial charge on any atom is 0.511 e. The Balaban J connectivity index is 0.00000364. The van der Waals surface area contributed by atoms with Crippen LogP contribution in [0.2, 0.25) is 0 Å². The molecule has 0 bridgehead atoms. The number of halogens is 4. The first-order chi connectivity index (χ1) is 12.1. The molecule has 0 aromatic rings. The highest BCUT2D eigenvalue weighted by Crippen LogP contribution is 2.34. The van der Waals surface area contributed by atoms with Crippen LogP contribution in [0.25, 0.3) is 0 Å². The van der Waals surface area contributed by atoms with Gasteiger partial charge in [0.25, 0.3) is 0 Å². The van der Waals surface area contributed by atoms with Crippen LogP contribution in [0.1, 0.15) is 25.7 Å². The monoisotopic (exact) mass is 527 g/mol. The zero-order valence-corrected chi connectivity index (χ0v) is 18.9. The molecule has 1 aliphatic heterocycles. The minimum Gasteiger partial charge on any atom is -0.355 e. The largest absolute Gasteiger partial charge is 0.511 e. The minimum atomic E-state index is -5.24. The van der Waals surface area contributed by atoms with Crippen LogP contribution in [0.4, 0.5) is 13.2 Å². The Hall–Kier alpha value is -0.340. The van der Waals surface area contributed by atoms with E-state index in [0.717, 1.165) is 6.54 Å². The van der Waals surface area contributed by atoms with Gasteiger partial charge in [0.2, 0.25) is 0 Å². The summed E-state index contributed by atoms with van der Waals surface area (Å²) >= 11 is 0. The molecule has 12 heteroatoms. The van der Waals surface area contributed by atoms with Gasteiger partial charge < -0.3 is 15.5 Å². The molecule has 2 rings (SSSR count). The molecule has 7 nitrogen and oxygen atoms in total. The number of guanidine groups is 1. The van der Waals surface area contributed by atoms with Crippen molar-refractivity contribution >= 4 is 40.0 Å². The van der Waals surface area contributed by atoms with Crippen LogP contribution in [0, 0.1) is 5.92 Å².